The lowest BCUT2D eigenvalue weighted by Crippen LogP contribution is -2.34. The highest BCUT2D eigenvalue weighted by atomic mass is 32.2. The second-order valence-electron chi connectivity index (χ2n) is 6.06. The smallest absolute Gasteiger partial charge is 0.271 e. The van der Waals surface area contributed by atoms with Crippen LogP contribution >= 0.6 is 0 Å². The summed E-state index contributed by atoms with van der Waals surface area (Å²) in [7, 11) is -3.64. The second kappa shape index (κ2) is 8.32. The number of carbonyl (C=O) groups excluding carboxylic acids is 1. The minimum absolute atomic E-state index is 0.0238. The number of hydrogen-bond donors (Lipinski definition) is 2. The molecule has 9 heteroatoms. The summed E-state index contributed by atoms with van der Waals surface area (Å²) < 4.78 is 41.8. The average Bonchev–Trinajstić information content (AvgIpc) is 3.16. The van der Waals surface area contributed by atoms with Crippen molar-refractivity contribution in [1.29, 1.82) is 0 Å². The van der Waals surface area contributed by atoms with Gasteiger partial charge >= 0.3 is 0 Å². The van der Waals surface area contributed by atoms with E-state index in [4.69, 9.17) is 0 Å². The zero-order valence-corrected chi connectivity index (χ0v) is 15.9. The van der Waals surface area contributed by atoms with Gasteiger partial charge in [-0.1, -0.05) is 29.8 Å². The number of carbonyl (C=O) groups is 1. The van der Waals surface area contributed by atoms with Crippen molar-refractivity contribution >= 4 is 15.9 Å². The van der Waals surface area contributed by atoms with Crippen molar-refractivity contribution in [1.82, 2.24) is 19.8 Å². The molecule has 1 aromatic heterocycles. The van der Waals surface area contributed by atoms with E-state index in [0.717, 1.165) is 5.56 Å². The molecular weight excluding hydrogens is 383 g/mol. The Balaban J connectivity index is 1.54. The molecule has 0 fully saturated rings. The molecule has 0 spiro atoms. The molecule has 3 aromatic rings. The Morgan fingerprint density at radius 2 is 1.79 bits per heavy atom. The van der Waals surface area contributed by atoms with Crippen LogP contribution in [-0.4, -0.2) is 37.2 Å². The molecule has 2 aromatic carbocycles. The molecule has 7 nitrogen and oxygen atoms in total. The van der Waals surface area contributed by atoms with Crippen LogP contribution < -0.4 is 10.0 Å². The van der Waals surface area contributed by atoms with Crippen molar-refractivity contribution in [2.75, 3.05) is 13.1 Å². The fourth-order valence-electron chi connectivity index (χ4n) is 2.47. The normalized spacial score (nSPS) is 11.4. The number of hydrogen-bond acceptors (Lipinski definition) is 4. The van der Waals surface area contributed by atoms with Crippen LogP contribution in [0.1, 0.15) is 16.1 Å². The van der Waals surface area contributed by atoms with Gasteiger partial charge in [0, 0.05) is 19.3 Å². The van der Waals surface area contributed by atoms with Gasteiger partial charge in [0.15, 0.2) is 5.69 Å². The van der Waals surface area contributed by atoms with Crippen molar-refractivity contribution in [3.05, 3.63) is 77.9 Å². The standard InChI is InChI=1S/C19H19FN4O3S/c1-14-6-8-15(9-7-14)28(26,27)22-12-11-21-19(25)17-10-13-24(23-17)18-5-3-2-4-16(18)20/h2-10,13,22H,11-12H2,1H3,(H,21,25). The highest BCUT2D eigenvalue weighted by Crippen LogP contribution is 2.12. The molecule has 0 radical (unpaired) electrons. The number of sulfonamides is 1. The molecule has 0 atom stereocenters. The summed E-state index contributed by atoms with van der Waals surface area (Å²) in [6, 6.07) is 14.0. The van der Waals surface area contributed by atoms with E-state index in [1.165, 1.54) is 35.1 Å². The molecule has 146 valence electrons. The van der Waals surface area contributed by atoms with Crippen molar-refractivity contribution in [2.45, 2.75) is 11.8 Å². The van der Waals surface area contributed by atoms with Crippen LogP contribution in [0.3, 0.4) is 0 Å². The van der Waals surface area contributed by atoms with Gasteiger partial charge in [0.05, 0.1) is 4.90 Å². The third kappa shape index (κ3) is 4.62. The van der Waals surface area contributed by atoms with E-state index in [-0.39, 0.29) is 29.4 Å². The van der Waals surface area contributed by atoms with Gasteiger partial charge < -0.3 is 5.32 Å². The monoisotopic (exact) mass is 402 g/mol. The summed E-state index contributed by atoms with van der Waals surface area (Å²) in [4.78, 5) is 12.3. The van der Waals surface area contributed by atoms with Crippen LogP contribution in [0.4, 0.5) is 4.39 Å². The Labute approximate surface area is 162 Å². The maximum absolute atomic E-state index is 13.8. The van der Waals surface area contributed by atoms with Gasteiger partial charge in [0.25, 0.3) is 5.91 Å². The van der Waals surface area contributed by atoms with E-state index in [9.17, 15) is 17.6 Å². The minimum atomic E-state index is -3.64. The predicted molar refractivity (Wildman–Crippen MR) is 102 cm³/mol. The highest BCUT2D eigenvalue weighted by molar-refractivity contribution is 7.89. The van der Waals surface area contributed by atoms with Crippen molar-refractivity contribution in [3.8, 4) is 5.69 Å². The van der Waals surface area contributed by atoms with Crippen LogP contribution in [-0.2, 0) is 10.0 Å². The predicted octanol–water partition coefficient (Wildman–Crippen LogP) is 2.03. The molecule has 2 N–H and O–H groups in total. The molecule has 1 amide bonds. The summed E-state index contributed by atoms with van der Waals surface area (Å²) >= 11 is 0. The third-order valence-electron chi connectivity index (χ3n) is 3.95. The Morgan fingerprint density at radius 3 is 2.50 bits per heavy atom. The lowest BCUT2D eigenvalue weighted by molar-refractivity contribution is 0.0949. The first-order valence-electron chi connectivity index (χ1n) is 8.52. The highest BCUT2D eigenvalue weighted by Gasteiger charge is 2.14. The number of nitrogens with one attached hydrogen (secondary N) is 2. The molecule has 0 aliphatic heterocycles. The van der Waals surface area contributed by atoms with E-state index in [2.05, 4.69) is 15.1 Å². The minimum Gasteiger partial charge on any atom is -0.349 e. The fraction of sp³-hybridized carbons (Fsp3) is 0.158. The number of halogens is 1. The molecule has 0 unspecified atom stereocenters. The Kier molecular flexibility index (Phi) is 5.86. The Hall–Kier alpha value is -3.04. The van der Waals surface area contributed by atoms with Gasteiger partial charge in [0.1, 0.15) is 11.5 Å². The average molecular weight is 402 g/mol. The molecule has 3 rings (SSSR count). The maximum atomic E-state index is 13.8. The molecule has 28 heavy (non-hydrogen) atoms. The van der Waals surface area contributed by atoms with E-state index < -0.39 is 21.7 Å². The summed E-state index contributed by atoms with van der Waals surface area (Å²) in [6.45, 7) is 1.97. The van der Waals surface area contributed by atoms with E-state index >= 15 is 0 Å². The summed E-state index contributed by atoms with van der Waals surface area (Å²) in [5.41, 5.74) is 1.29. The number of benzene rings is 2. The van der Waals surface area contributed by atoms with E-state index in [0.29, 0.717) is 0 Å². The number of nitrogens with zero attached hydrogens (tertiary/aromatic N) is 2. The Bertz CT molecular complexity index is 1080. The van der Waals surface area contributed by atoms with E-state index in [1.807, 2.05) is 6.92 Å². The molecule has 0 saturated carbocycles. The van der Waals surface area contributed by atoms with Crippen molar-refractivity contribution < 1.29 is 17.6 Å². The lowest BCUT2D eigenvalue weighted by Gasteiger charge is -2.08. The van der Waals surface area contributed by atoms with Gasteiger partial charge in [0.2, 0.25) is 10.0 Å². The zero-order valence-electron chi connectivity index (χ0n) is 15.1. The lowest BCUT2D eigenvalue weighted by atomic mass is 10.2. The van der Waals surface area contributed by atoms with Crippen LogP contribution in [0.25, 0.3) is 5.69 Å². The first-order chi connectivity index (χ1) is 13.4. The Morgan fingerprint density at radius 1 is 1.07 bits per heavy atom. The molecule has 0 aliphatic carbocycles. The largest absolute Gasteiger partial charge is 0.349 e. The number of aromatic nitrogens is 2. The topological polar surface area (TPSA) is 93.1 Å². The van der Waals surface area contributed by atoms with Crippen molar-refractivity contribution in [3.63, 3.8) is 0 Å². The van der Waals surface area contributed by atoms with E-state index in [1.54, 1.807) is 30.3 Å². The number of para-hydroxylation sites is 1. The van der Waals surface area contributed by atoms with Gasteiger partial charge in [-0.25, -0.2) is 22.2 Å². The molecule has 0 saturated heterocycles. The maximum Gasteiger partial charge on any atom is 0.271 e. The van der Waals surface area contributed by atoms with Crippen LogP contribution in [0.15, 0.2) is 65.7 Å². The van der Waals surface area contributed by atoms with Crippen LogP contribution in [0.5, 0.6) is 0 Å². The molecule has 0 bridgehead atoms. The first-order valence-corrected chi connectivity index (χ1v) is 10.0. The number of rotatable bonds is 7. The van der Waals surface area contributed by atoms with Crippen LogP contribution in [0.2, 0.25) is 0 Å². The summed E-state index contributed by atoms with van der Waals surface area (Å²) in [5, 5.41) is 6.63. The number of aryl methyl sites for hydroxylation is 1. The second-order valence-corrected chi connectivity index (χ2v) is 7.83. The molecule has 0 aliphatic rings. The third-order valence-corrected chi connectivity index (χ3v) is 5.43. The quantitative estimate of drug-likeness (QED) is 0.592. The van der Waals surface area contributed by atoms with Gasteiger partial charge in [-0.3, -0.25) is 4.79 Å². The summed E-state index contributed by atoms with van der Waals surface area (Å²) in [5.74, 6) is -0.937. The number of amides is 1. The molecular formula is C19H19FN4O3S. The van der Waals surface area contributed by atoms with Gasteiger partial charge in [-0.05, 0) is 37.3 Å². The van der Waals surface area contributed by atoms with Crippen molar-refractivity contribution in [2.24, 2.45) is 0 Å². The molecule has 1 heterocycles. The van der Waals surface area contributed by atoms with Gasteiger partial charge in [-0.2, -0.15) is 5.10 Å². The SMILES string of the molecule is Cc1ccc(S(=O)(=O)NCCNC(=O)c2ccn(-c3ccccc3F)n2)cc1. The van der Waals surface area contributed by atoms with Gasteiger partial charge in [-0.15, -0.1) is 0 Å². The van der Waals surface area contributed by atoms with Crippen LogP contribution in [0, 0.1) is 12.7 Å². The fourth-order valence-corrected chi connectivity index (χ4v) is 3.50. The zero-order chi connectivity index (χ0) is 20.1. The first kappa shape index (κ1) is 19.7. The summed E-state index contributed by atoms with van der Waals surface area (Å²) in [6.07, 6.45) is 1.48.